The molecule has 1 atom stereocenters. The van der Waals surface area contributed by atoms with Gasteiger partial charge >= 0.3 is 0 Å². The predicted octanol–water partition coefficient (Wildman–Crippen LogP) is 1.87. The van der Waals surface area contributed by atoms with Crippen molar-refractivity contribution in [3.63, 3.8) is 0 Å². The van der Waals surface area contributed by atoms with Crippen molar-refractivity contribution < 1.29 is 14.6 Å². The number of hydrogen-bond acceptors (Lipinski definition) is 6. The van der Waals surface area contributed by atoms with Gasteiger partial charge < -0.3 is 25.9 Å². The molecule has 0 heterocycles. The van der Waals surface area contributed by atoms with Crippen molar-refractivity contribution in [3.8, 4) is 6.07 Å². The number of allylic oxidation sites excluding steroid dienone is 1. The van der Waals surface area contributed by atoms with Crippen LogP contribution in [0.25, 0.3) is 5.57 Å². The Morgan fingerprint density at radius 1 is 1.52 bits per heavy atom. The number of nitriles is 1. The Bertz CT molecular complexity index is 692. The van der Waals surface area contributed by atoms with E-state index in [0.29, 0.717) is 17.7 Å². The van der Waals surface area contributed by atoms with Crippen molar-refractivity contribution in [2.24, 2.45) is 0 Å². The smallest absolute Gasteiger partial charge is 0.239 e. The van der Waals surface area contributed by atoms with E-state index in [1.165, 1.54) is 0 Å². The first kappa shape index (κ1) is 20.2. The average Bonchev–Trinajstić information content (AvgIpc) is 2.61. The van der Waals surface area contributed by atoms with Gasteiger partial charge in [-0.15, -0.1) is 0 Å². The number of aliphatic hydroxyl groups is 1. The third-order valence-corrected chi connectivity index (χ3v) is 3.69. The summed E-state index contributed by atoms with van der Waals surface area (Å²) < 4.78 is 5.02. The summed E-state index contributed by atoms with van der Waals surface area (Å²) in [5.74, 6) is -0.547. The lowest BCUT2D eigenvalue weighted by Crippen LogP contribution is -2.42. The van der Waals surface area contributed by atoms with Crippen molar-refractivity contribution in [1.82, 2.24) is 10.6 Å². The molecule has 7 heteroatoms. The van der Waals surface area contributed by atoms with E-state index < -0.39 is 0 Å². The van der Waals surface area contributed by atoms with Gasteiger partial charge in [-0.3, -0.25) is 4.79 Å². The maximum Gasteiger partial charge on any atom is 0.239 e. The number of nitrogens with zero attached hydrogens (tertiary/aromatic N) is 1. The molecule has 0 saturated carbocycles. The fourth-order valence-electron chi connectivity index (χ4n) is 2.31. The molecule has 0 spiro atoms. The van der Waals surface area contributed by atoms with Gasteiger partial charge in [-0.25, -0.2) is 0 Å². The van der Waals surface area contributed by atoms with Crippen LogP contribution in [-0.4, -0.2) is 43.5 Å². The zero-order valence-corrected chi connectivity index (χ0v) is 14.7. The van der Waals surface area contributed by atoms with Gasteiger partial charge in [0.1, 0.15) is 0 Å². The van der Waals surface area contributed by atoms with Gasteiger partial charge in [0.25, 0.3) is 0 Å². The molecule has 1 unspecified atom stereocenters. The fourth-order valence-corrected chi connectivity index (χ4v) is 2.31. The molecule has 1 aromatic rings. The first-order valence-corrected chi connectivity index (χ1v) is 7.93. The van der Waals surface area contributed by atoms with Crippen LogP contribution in [0.5, 0.6) is 0 Å². The summed E-state index contributed by atoms with van der Waals surface area (Å²) in [5.41, 5.74) is 2.12. The molecule has 7 nitrogen and oxygen atoms in total. The summed E-state index contributed by atoms with van der Waals surface area (Å²) in [6.45, 7) is 4.02. The number of methoxy groups -OCH3 is 1. The Morgan fingerprint density at radius 2 is 2.24 bits per heavy atom. The highest BCUT2D eigenvalue weighted by atomic mass is 16.5. The number of benzene rings is 1. The lowest BCUT2D eigenvalue weighted by molar-refractivity contribution is -0.121. The molecule has 0 aromatic heterocycles. The number of hydrogen-bond donors (Lipinski definition) is 4. The number of nitrogens with one attached hydrogen (secondary N) is 3. The largest absolute Gasteiger partial charge is 0.494 e. The highest BCUT2D eigenvalue weighted by Crippen LogP contribution is 2.20. The van der Waals surface area contributed by atoms with Crippen LogP contribution in [0.2, 0.25) is 0 Å². The van der Waals surface area contributed by atoms with Crippen molar-refractivity contribution in [3.05, 3.63) is 40.8 Å². The minimum Gasteiger partial charge on any atom is -0.494 e. The van der Waals surface area contributed by atoms with Crippen LogP contribution in [-0.2, 0) is 9.53 Å². The highest BCUT2D eigenvalue weighted by Gasteiger charge is 2.13. The minimum absolute atomic E-state index is 0.0894. The Balaban J connectivity index is 2.84. The van der Waals surface area contributed by atoms with E-state index in [4.69, 9.17) is 15.4 Å². The normalized spacial score (nSPS) is 12.6. The summed E-state index contributed by atoms with van der Waals surface area (Å²) >= 11 is 0. The third kappa shape index (κ3) is 5.94. The van der Waals surface area contributed by atoms with Crippen molar-refractivity contribution in [1.29, 1.82) is 10.7 Å². The lowest BCUT2D eigenvalue weighted by atomic mass is 9.99. The van der Waals surface area contributed by atoms with Crippen LogP contribution < -0.4 is 10.6 Å². The lowest BCUT2D eigenvalue weighted by Gasteiger charge is -2.16. The second-order valence-electron chi connectivity index (χ2n) is 5.53. The van der Waals surface area contributed by atoms with E-state index in [9.17, 15) is 9.90 Å². The third-order valence-electron chi connectivity index (χ3n) is 3.69. The van der Waals surface area contributed by atoms with Crippen LogP contribution in [0.3, 0.4) is 0 Å². The van der Waals surface area contributed by atoms with E-state index >= 15 is 0 Å². The predicted molar refractivity (Wildman–Crippen MR) is 96.3 cm³/mol. The molecule has 1 amide bonds. The molecule has 4 N–H and O–H groups in total. The minimum atomic E-state index is -0.281. The van der Waals surface area contributed by atoms with Gasteiger partial charge in [0.2, 0.25) is 5.91 Å². The quantitative estimate of drug-likeness (QED) is 0.403. The Morgan fingerprint density at radius 3 is 2.76 bits per heavy atom. The first-order chi connectivity index (χ1) is 12.0. The van der Waals surface area contributed by atoms with Crippen LogP contribution >= 0.6 is 0 Å². The van der Waals surface area contributed by atoms with Crippen LogP contribution in [0.1, 0.15) is 30.0 Å². The Kier molecular flexibility index (Phi) is 8.16. The standard InChI is InChI=1S/C18H24N4O3/c1-4-14(11-25-3)22-17(23)10-21-18(24)16(9-20)15-6-5-13(8-19)7-12(15)2/h5-7,9,14,20-21,24H,4,10-11H2,1-3H3,(H,22,23)/b18-16-,20-9?. The average molecular weight is 344 g/mol. The molecule has 134 valence electrons. The van der Waals surface area contributed by atoms with E-state index in [-0.39, 0.29) is 29.9 Å². The molecule has 0 fully saturated rings. The number of carbonyl (C=O) groups is 1. The summed E-state index contributed by atoms with van der Waals surface area (Å²) in [6.07, 6.45) is 1.74. The van der Waals surface area contributed by atoms with Crippen molar-refractivity contribution >= 4 is 17.7 Å². The Labute approximate surface area is 147 Å². The van der Waals surface area contributed by atoms with Gasteiger partial charge in [-0.2, -0.15) is 5.26 Å². The summed E-state index contributed by atoms with van der Waals surface area (Å²) in [7, 11) is 1.57. The van der Waals surface area contributed by atoms with E-state index in [1.807, 2.05) is 13.0 Å². The number of ether oxygens (including phenoxy) is 1. The van der Waals surface area contributed by atoms with E-state index in [2.05, 4.69) is 10.6 Å². The van der Waals surface area contributed by atoms with Gasteiger partial charge in [-0.05, 0) is 36.6 Å². The number of aryl methyl sites for hydroxylation is 1. The summed E-state index contributed by atoms with van der Waals surface area (Å²) in [6, 6.07) is 6.91. The van der Waals surface area contributed by atoms with Crippen LogP contribution in [0.15, 0.2) is 24.1 Å². The SMILES string of the molecule is CCC(COC)NC(=O)CN/C(O)=C(\C=N)c1ccc(C#N)cc1C. The molecular formula is C18H24N4O3. The van der Waals surface area contributed by atoms with Crippen LogP contribution in [0, 0.1) is 23.7 Å². The number of aliphatic hydroxyl groups excluding tert-OH is 1. The maximum absolute atomic E-state index is 11.9. The molecule has 0 bridgehead atoms. The van der Waals surface area contributed by atoms with Gasteiger partial charge in [0, 0.05) is 13.3 Å². The molecule has 0 aliphatic rings. The number of rotatable bonds is 9. The molecule has 25 heavy (non-hydrogen) atoms. The van der Waals surface area contributed by atoms with Gasteiger partial charge in [-0.1, -0.05) is 13.0 Å². The first-order valence-electron chi connectivity index (χ1n) is 7.93. The number of amides is 1. The maximum atomic E-state index is 11.9. The second-order valence-corrected chi connectivity index (χ2v) is 5.53. The highest BCUT2D eigenvalue weighted by molar-refractivity contribution is 6.09. The fraction of sp³-hybridized carbons (Fsp3) is 0.389. The molecule has 1 rings (SSSR count). The van der Waals surface area contributed by atoms with Crippen molar-refractivity contribution in [2.45, 2.75) is 26.3 Å². The van der Waals surface area contributed by atoms with Gasteiger partial charge in [0.15, 0.2) is 5.88 Å². The van der Waals surface area contributed by atoms with E-state index in [0.717, 1.165) is 18.2 Å². The topological polar surface area (TPSA) is 118 Å². The summed E-state index contributed by atoms with van der Waals surface area (Å²) in [5, 5.41) is 32.1. The number of carbonyl (C=O) groups excluding carboxylic acids is 1. The molecule has 0 radical (unpaired) electrons. The molecule has 0 aliphatic heterocycles. The second kappa shape index (κ2) is 10.1. The Hall–Kier alpha value is -2.85. The molecule has 0 saturated heterocycles. The van der Waals surface area contributed by atoms with Crippen LogP contribution in [0.4, 0.5) is 0 Å². The zero-order valence-electron chi connectivity index (χ0n) is 14.7. The van der Waals surface area contributed by atoms with Crippen molar-refractivity contribution in [2.75, 3.05) is 20.3 Å². The zero-order chi connectivity index (χ0) is 18.8. The molecule has 1 aromatic carbocycles. The molecular weight excluding hydrogens is 320 g/mol. The van der Waals surface area contributed by atoms with Gasteiger partial charge in [0.05, 0.1) is 36.4 Å². The van der Waals surface area contributed by atoms with E-state index in [1.54, 1.807) is 32.2 Å². The summed E-state index contributed by atoms with van der Waals surface area (Å²) in [4.78, 5) is 11.9. The monoisotopic (exact) mass is 344 g/mol. The molecule has 0 aliphatic carbocycles.